The fraction of sp³-hybridized carbons (Fsp3) is 0.308. The number of fused-ring (bicyclic) bond motifs is 1. The molecule has 0 aromatic carbocycles. The van der Waals surface area contributed by atoms with Crippen molar-refractivity contribution in [3.63, 3.8) is 0 Å². The van der Waals surface area contributed by atoms with E-state index in [4.69, 9.17) is 11.6 Å². The van der Waals surface area contributed by atoms with Crippen molar-refractivity contribution in [1.29, 1.82) is 0 Å². The van der Waals surface area contributed by atoms with Gasteiger partial charge in [-0.25, -0.2) is 4.98 Å². The van der Waals surface area contributed by atoms with E-state index in [0.717, 1.165) is 43.5 Å². The minimum atomic E-state index is 0.416. The molecular formula is C13H13ClN8. The number of piperazine rings is 1. The van der Waals surface area contributed by atoms with Crippen molar-refractivity contribution in [3.05, 3.63) is 36.0 Å². The lowest BCUT2D eigenvalue weighted by atomic mass is 10.3. The SMILES string of the molecule is Clc1cncc(N2CCN(c3ccc4nncn4n3)CC2)n1. The highest BCUT2D eigenvalue weighted by molar-refractivity contribution is 6.29. The molecule has 3 aromatic heterocycles. The first-order valence-electron chi connectivity index (χ1n) is 6.94. The average molecular weight is 317 g/mol. The predicted octanol–water partition coefficient (Wildman–Crippen LogP) is 0.894. The first-order chi connectivity index (χ1) is 10.8. The third kappa shape index (κ3) is 2.41. The molecule has 22 heavy (non-hydrogen) atoms. The molecule has 1 saturated heterocycles. The fourth-order valence-electron chi connectivity index (χ4n) is 2.54. The Hall–Kier alpha value is -2.48. The second-order valence-electron chi connectivity index (χ2n) is 5.00. The van der Waals surface area contributed by atoms with Crippen LogP contribution in [0.3, 0.4) is 0 Å². The third-order valence-corrected chi connectivity index (χ3v) is 3.85. The molecule has 0 atom stereocenters. The van der Waals surface area contributed by atoms with Crippen LogP contribution in [-0.2, 0) is 0 Å². The van der Waals surface area contributed by atoms with Crippen molar-refractivity contribution in [1.82, 2.24) is 29.8 Å². The summed E-state index contributed by atoms with van der Waals surface area (Å²) in [5.41, 5.74) is 0.747. The normalized spacial score (nSPS) is 15.5. The summed E-state index contributed by atoms with van der Waals surface area (Å²) in [5.74, 6) is 1.73. The summed E-state index contributed by atoms with van der Waals surface area (Å²) < 4.78 is 1.68. The van der Waals surface area contributed by atoms with Crippen molar-refractivity contribution in [2.24, 2.45) is 0 Å². The molecule has 0 saturated carbocycles. The lowest BCUT2D eigenvalue weighted by Crippen LogP contribution is -2.47. The molecule has 1 aliphatic heterocycles. The average Bonchev–Trinajstić information content (AvgIpc) is 3.02. The summed E-state index contributed by atoms with van der Waals surface area (Å²) in [7, 11) is 0. The molecule has 1 aliphatic rings. The molecule has 0 aliphatic carbocycles. The molecule has 4 heterocycles. The van der Waals surface area contributed by atoms with Crippen molar-refractivity contribution in [2.45, 2.75) is 0 Å². The molecule has 0 radical (unpaired) electrons. The first-order valence-corrected chi connectivity index (χ1v) is 7.32. The van der Waals surface area contributed by atoms with Gasteiger partial charge in [0.05, 0.1) is 12.4 Å². The zero-order valence-electron chi connectivity index (χ0n) is 11.7. The van der Waals surface area contributed by atoms with Crippen molar-refractivity contribution < 1.29 is 0 Å². The van der Waals surface area contributed by atoms with Crippen LogP contribution in [0, 0.1) is 0 Å². The Kier molecular flexibility index (Phi) is 3.23. The van der Waals surface area contributed by atoms with Crippen LogP contribution in [-0.4, -0.2) is 56.0 Å². The maximum Gasteiger partial charge on any atom is 0.177 e. The lowest BCUT2D eigenvalue weighted by molar-refractivity contribution is 0.635. The van der Waals surface area contributed by atoms with Gasteiger partial charge in [-0.05, 0) is 12.1 Å². The maximum absolute atomic E-state index is 5.90. The summed E-state index contributed by atoms with van der Waals surface area (Å²) in [6.45, 7) is 3.40. The Morgan fingerprint density at radius 2 is 1.73 bits per heavy atom. The van der Waals surface area contributed by atoms with Gasteiger partial charge in [-0.2, -0.15) is 4.52 Å². The first kappa shape index (κ1) is 13.2. The monoisotopic (exact) mass is 316 g/mol. The fourth-order valence-corrected chi connectivity index (χ4v) is 2.68. The van der Waals surface area contributed by atoms with E-state index < -0.39 is 0 Å². The lowest BCUT2D eigenvalue weighted by Gasteiger charge is -2.35. The summed E-state index contributed by atoms with van der Waals surface area (Å²) in [4.78, 5) is 12.8. The van der Waals surface area contributed by atoms with Crippen LogP contribution in [0.5, 0.6) is 0 Å². The summed E-state index contributed by atoms with van der Waals surface area (Å²) in [5, 5.41) is 12.7. The van der Waals surface area contributed by atoms with Gasteiger partial charge in [0, 0.05) is 26.2 Å². The topological polar surface area (TPSA) is 75.3 Å². The van der Waals surface area contributed by atoms with Crippen molar-refractivity contribution >= 4 is 28.9 Å². The zero-order chi connectivity index (χ0) is 14.9. The molecule has 4 rings (SSSR count). The van der Waals surface area contributed by atoms with E-state index in [1.165, 1.54) is 0 Å². The Bertz CT molecular complexity index is 795. The van der Waals surface area contributed by atoms with Gasteiger partial charge in [-0.15, -0.1) is 15.3 Å². The quantitative estimate of drug-likeness (QED) is 0.695. The van der Waals surface area contributed by atoms with E-state index in [0.29, 0.717) is 5.15 Å². The van der Waals surface area contributed by atoms with Gasteiger partial charge in [-0.1, -0.05) is 11.6 Å². The van der Waals surface area contributed by atoms with Gasteiger partial charge in [0.1, 0.15) is 23.1 Å². The van der Waals surface area contributed by atoms with Crippen molar-refractivity contribution in [3.8, 4) is 0 Å². The van der Waals surface area contributed by atoms with Gasteiger partial charge < -0.3 is 9.80 Å². The highest BCUT2D eigenvalue weighted by atomic mass is 35.5. The van der Waals surface area contributed by atoms with Crippen LogP contribution < -0.4 is 9.80 Å². The number of halogens is 1. The molecule has 0 unspecified atom stereocenters. The van der Waals surface area contributed by atoms with Gasteiger partial charge in [-0.3, -0.25) is 4.98 Å². The van der Waals surface area contributed by atoms with Gasteiger partial charge in [0.15, 0.2) is 5.65 Å². The highest BCUT2D eigenvalue weighted by Crippen LogP contribution is 2.18. The predicted molar refractivity (Wildman–Crippen MR) is 82.3 cm³/mol. The number of rotatable bonds is 2. The van der Waals surface area contributed by atoms with Crippen LogP contribution in [0.1, 0.15) is 0 Å². The van der Waals surface area contributed by atoms with E-state index in [1.54, 1.807) is 23.2 Å². The number of anilines is 2. The second-order valence-corrected chi connectivity index (χ2v) is 5.39. The van der Waals surface area contributed by atoms with E-state index in [1.807, 2.05) is 12.1 Å². The van der Waals surface area contributed by atoms with E-state index in [9.17, 15) is 0 Å². The standard InChI is InChI=1S/C13H13ClN8/c14-10-7-15-8-13(17-10)21-5-3-20(4-6-21)12-2-1-11-18-16-9-22(11)19-12/h1-2,7-9H,3-6H2. The molecule has 1 fully saturated rings. The number of aromatic nitrogens is 6. The zero-order valence-corrected chi connectivity index (χ0v) is 12.4. The van der Waals surface area contributed by atoms with E-state index >= 15 is 0 Å². The molecule has 8 nitrogen and oxygen atoms in total. The number of hydrogen-bond acceptors (Lipinski definition) is 7. The minimum absolute atomic E-state index is 0.416. The Morgan fingerprint density at radius 1 is 0.955 bits per heavy atom. The third-order valence-electron chi connectivity index (χ3n) is 3.67. The Morgan fingerprint density at radius 3 is 2.50 bits per heavy atom. The molecule has 9 heteroatoms. The molecular weight excluding hydrogens is 304 g/mol. The number of nitrogens with zero attached hydrogens (tertiary/aromatic N) is 8. The Labute approximate surface area is 131 Å². The molecule has 112 valence electrons. The maximum atomic E-state index is 5.90. The van der Waals surface area contributed by atoms with Crippen LogP contribution in [0.2, 0.25) is 5.15 Å². The van der Waals surface area contributed by atoms with Crippen molar-refractivity contribution in [2.75, 3.05) is 36.0 Å². The smallest absolute Gasteiger partial charge is 0.177 e. The van der Waals surface area contributed by atoms with Gasteiger partial charge in [0.2, 0.25) is 0 Å². The van der Waals surface area contributed by atoms with Gasteiger partial charge in [0.25, 0.3) is 0 Å². The molecule has 0 amide bonds. The number of hydrogen-bond donors (Lipinski definition) is 0. The van der Waals surface area contributed by atoms with E-state index in [-0.39, 0.29) is 0 Å². The Balaban J connectivity index is 1.49. The minimum Gasteiger partial charge on any atom is -0.352 e. The summed E-state index contributed by atoms with van der Waals surface area (Å²) >= 11 is 5.90. The summed E-state index contributed by atoms with van der Waals surface area (Å²) in [6.07, 6.45) is 4.89. The van der Waals surface area contributed by atoms with Crippen LogP contribution in [0.25, 0.3) is 5.65 Å². The second kappa shape index (κ2) is 5.38. The molecule has 0 spiro atoms. The van der Waals surface area contributed by atoms with Gasteiger partial charge >= 0.3 is 0 Å². The molecule has 0 N–H and O–H groups in total. The molecule has 3 aromatic rings. The van der Waals surface area contributed by atoms with Crippen LogP contribution in [0.15, 0.2) is 30.9 Å². The van der Waals surface area contributed by atoms with E-state index in [2.05, 4.69) is 35.1 Å². The largest absolute Gasteiger partial charge is 0.352 e. The molecule has 0 bridgehead atoms. The van der Waals surface area contributed by atoms with Crippen LogP contribution in [0.4, 0.5) is 11.6 Å². The highest BCUT2D eigenvalue weighted by Gasteiger charge is 2.20. The summed E-state index contributed by atoms with van der Waals surface area (Å²) in [6, 6.07) is 3.89. The van der Waals surface area contributed by atoms with Crippen LogP contribution >= 0.6 is 11.6 Å².